The van der Waals surface area contributed by atoms with E-state index in [0.717, 1.165) is 5.56 Å². The molecule has 2 heterocycles. The number of carbonyl (C=O) groups is 3. The average Bonchev–Trinajstić information content (AvgIpc) is 3.51. The van der Waals surface area contributed by atoms with Gasteiger partial charge in [0.1, 0.15) is 19.3 Å². The largest absolute Gasteiger partial charge is 0.480 e. The molecule has 13 heteroatoms. The Morgan fingerprint density at radius 1 is 1.27 bits per heavy atom. The van der Waals surface area contributed by atoms with Crippen LogP contribution in [0.4, 0.5) is 4.79 Å². The average molecular weight is 460 g/mol. The van der Waals surface area contributed by atoms with E-state index in [1.54, 1.807) is 30.5 Å². The van der Waals surface area contributed by atoms with Gasteiger partial charge in [0, 0.05) is 25.8 Å². The first kappa shape index (κ1) is 23.7. The highest BCUT2D eigenvalue weighted by atomic mass is 16.5. The van der Waals surface area contributed by atoms with Gasteiger partial charge >= 0.3 is 12.1 Å². The van der Waals surface area contributed by atoms with Crippen LogP contribution in [0.1, 0.15) is 16.1 Å². The third kappa shape index (κ3) is 7.90. The molecule has 0 radical (unpaired) electrons. The number of ether oxygens (including phenoxy) is 2. The number of carbonyl (C=O) groups excluding carboxylic acids is 2. The first-order valence-electron chi connectivity index (χ1n) is 10.1. The zero-order chi connectivity index (χ0) is 23.5. The Morgan fingerprint density at radius 2 is 2.09 bits per heavy atom. The molecular weight excluding hydrogens is 436 g/mol. The lowest BCUT2D eigenvalue weighted by atomic mass is 10.2. The van der Waals surface area contributed by atoms with Crippen molar-refractivity contribution < 1.29 is 33.5 Å². The van der Waals surface area contributed by atoms with Gasteiger partial charge in [-0.25, -0.2) is 9.59 Å². The maximum atomic E-state index is 12.2. The number of alkyl carbamates (subject to hydrolysis) is 1. The second-order valence-electron chi connectivity index (χ2n) is 6.78. The van der Waals surface area contributed by atoms with Crippen molar-refractivity contribution in [2.45, 2.75) is 18.9 Å². The molecule has 33 heavy (non-hydrogen) atoms. The number of benzene rings is 1. The summed E-state index contributed by atoms with van der Waals surface area (Å²) in [6.07, 6.45) is 0.681. The molecule has 1 aliphatic rings. The third-order valence-corrected chi connectivity index (χ3v) is 4.33. The molecule has 0 aliphatic carbocycles. The van der Waals surface area contributed by atoms with E-state index in [0.29, 0.717) is 13.1 Å². The summed E-state index contributed by atoms with van der Waals surface area (Å²) in [6, 6.07) is 8.77. The fraction of sp³-hybridized carbons (Fsp3) is 0.350. The van der Waals surface area contributed by atoms with Gasteiger partial charge in [-0.1, -0.05) is 30.3 Å². The van der Waals surface area contributed by atoms with E-state index in [-0.39, 0.29) is 31.1 Å². The predicted octanol–water partition coefficient (Wildman–Crippen LogP) is -0.290. The number of aliphatic carboxylic acids is 1. The van der Waals surface area contributed by atoms with Crippen LogP contribution in [-0.4, -0.2) is 73.0 Å². The van der Waals surface area contributed by atoms with Gasteiger partial charge in [0.2, 0.25) is 5.76 Å². The van der Waals surface area contributed by atoms with Gasteiger partial charge in [-0.05, 0) is 10.7 Å². The van der Waals surface area contributed by atoms with E-state index in [1.807, 2.05) is 6.07 Å². The number of carboxylic acids is 1. The standard InChI is InChI=1S/C20H24N6O7/c27-17(15-10-16(26-33-15)31-9-8-23-19-21-6-7-22-19)24-11-14(18(28)29)25-20(30)32-12-13-4-2-1-3-5-13/h1-6,10,14,19,22-23H,7-9,11-12H2,(H,24,27)(H,25,30)(H,28,29)/t14-,19?/m0/s1. The van der Waals surface area contributed by atoms with Gasteiger partial charge in [-0.15, -0.1) is 0 Å². The summed E-state index contributed by atoms with van der Waals surface area (Å²) >= 11 is 0. The molecule has 0 bridgehead atoms. The zero-order valence-electron chi connectivity index (χ0n) is 17.5. The molecule has 1 aromatic heterocycles. The van der Waals surface area contributed by atoms with E-state index in [9.17, 15) is 19.5 Å². The van der Waals surface area contributed by atoms with E-state index in [1.165, 1.54) is 6.07 Å². The van der Waals surface area contributed by atoms with Gasteiger partial charge in [0.15, 0.2) is 6.29 Å². The van der Waals surface area contributed by atoms with Crippen LogP contribution in [0.3, 0.4) is 0 Å². The Hall–Kier alpha value is -3.97. The first-order chi connectivity index (χ1) is 16.0. The van der Waals surface area contributed by atoms with Crippen LogP contribution in [0.5, 0.6) is 5.88 Å². The van der Waals surface area contributed by atoms with Crippen molar-refractivity contribution in [2.24, 2.45) is 4.99 Å². The van der Waals surface area contributed by atoms with Gasteiger partial charge in [0.25, 0.3) is 11.8 Å². The highest BCUT2D eigenvalue weighted by molar-refractivity contribution is 5.92. The molecular formula is C20H24N6O7. The summed E-state index contributed by atoms with van der Waals surface area (Å²) in [7, 11) is 0. The number of carboxylic acid groups (broad SMARTS) is 1. The Labute approximate surface area is 188 Å². The summed E-state index contributed by atoms with van der Waals surface area (Å²) in [5.41, 5.74) is 0.746. The van der Waals surface area contributed by atoms with Crippen molar-refractivity contribution >= 4 is 24.2 Å². The molecule has 5 N–H and O–H groups in total. The van der Waals surface area contributed by atoms with Gasteiger partial charge in [0.05, 0.1) is 6.07 Å². The number of rotatable bonds is 12. The molecule has 2 amide bonds. The number of nitrogens with zero attached hydrogens (tertiary/aromatic N) is 2. The fourth-order valence-electron chi connectivity index (χ4n) is 2.67. The van der Waals surface area contributed by atoms with Crippen molar-refractivity contribution in [3.63, 3.8) is 0 Å². The van der Waals surface area contributed by atoms with Crippen LogP contribution in [-0.2, 0) is 16.1 Å². The number of aliphatic imine (C=N–C) groups is 1. The SMILES string of the molecule is O=C(N[C@@H](CNC(=O)c1cc(OCCNC2N=CCN2)no1)C(=O)O)OCc1ccccc1. The van der Waals surface area contributed by atoms with Gasteiger partial charge < -0.3 is 29.7 Å². The lowest BCUT2D eigenvalue weighted by molar-refractivity contribution is -0.139. The van der Waals surface area contributed by atoms with Crippen molar-refractivity contribution in [1.82, 2.24) is 26.4 Å². The second-order valence-corrected chi connectivity index (χ2v) is 6.78. The smallest absolute Gasteiger partial charge is 0.408 e. The topological polar surface area (TPSA) is 176 Å². The third-order valence-electron chi connectivity index (χ3n) is 4.33. The lowest BCUT2D eigenvalue weighted by Gasteiger charge is -2.15. The molecule has 176 valence electrons. The van der Waals surface area contributed by atoms with Crippen LogP contribution < -0.4 is 26.0 Å². The Morgan fingerprint density at radius 3 is 2.82 bits per heavy atom. The van der Waals surface area contributed by atoms with Gasteiger partial charge in [-0.3, -0.25) is 20.4 Å². The molecule has 0 fully saturated rings. The summed E-state index contributed by atoms with van der Waals surface area (Å²) in [5.74, 6) is -2.13. The van der Waals surface area contributed by atoms with E-state index >= 15 is 0 Å². The maximum Gasteiger partial charge on any atom is 0.408 e. The maximum absolute atomic E-state index is 12.2. The summed E-state index contributed by atoms with van der Waals surface area (Å²) < 4.78 is 15.3. The molecule has 13 nitrogen and oxygen atoms in total. The minimum Gasteiger partial charge on any atom is -0.480 e. The Balaban J connectivity index is 1.38. The van der Waals surface area contributed by atoms with E-state index < -0.39 is 30.6 Å². The lowest BCUT2D eigenvalue weighted by Crippen LogP contribution is -2.48. The van der Waals surface area contributed by atoms with Crippen LogP contribution >= 0.6 is 0 Å². The highest BCUT2D eigenvalue weighted by Gasteiger charge is 2.23. The summed E-state index contributed by atoms with van der Waals surface area (Å²) in [5, 5.41) is 23.6. The molecule has 1 unspecified atom stereocenters. The number of nitrogens with one attached hydrogen (secondary N) is 4. The molecule has 1 aliphatic heterocycles. The number of aromatic nitrogens is 1. The predicted molar refractivity (Wildman–Crippen MR) is 114 cm³/mol. The molecule has 0 saturated carbocycles. The van der Waals surface area contributed by atoms with Crippen LogP contribution in [0, 0.1) is 0 Å². The molecule has 3 rings (SSSR count). The van der Waals surface area contributed by atoms with Crippen LogP contribution in [0.25, 0.3) is 0 Å². The molecule has 0 saturated heterocycles. The molecule has 0 spiro atoms. The number of amides is 2. The van der Waals surface area contributed by atoms with Gasteiger partial charge in [-0.2, -0.15) is 0 Å². The quantitative estimate of drug-likeness (QED) is 0.265. The Kier molecular flexibility index (Phi) is 8.73. The van der Waals surface area contributed by atoms with Crippen molar-refractivity contribution in [3.05, 3.63) is 47.7 Å². The van der Waals surface area contributed by atoms with Crippen LogP contribution in [0.2, 0.25) is 0 Å². The highest BCUT2D eigenvalue weighted by Crippen LogP contribution is 2.11. The summed E-state index contributed by atoms with van der Waals surface area (Å²) in [6.45, 7) is 1.02. The van der Waals surface area contributed by atoms with Crippen molar-refractivity contribution in [1.29, 1.82) is 0 Å². The number of hydrogen-bond donors (Lipinski definition) is 5. The second kappa shape index (κ2) is 12.2. The summed E-state index contributed by atoms with van der Waals surface area (Å²) in [4.78, 5) is 39.6. The molecule has 2 aromatic rings. The van der Waals surface area contributed by atoms with Crippen molar-refractivity contribution in [3.8, 4) is 5.88 Å². The monoisotopic (exact) mass is 460 g/mol. The minimum atomic E-state index is -1.41. The van der Waals surface area contributed by atoms with E-state index in [4.69, 9.17) is 14.0 Å². The minimum absolute atomic E-state index is 0.0217. The van der Waals surface area contributed by atoms with Crippen molar-refractivity contribution in [2.75, 3.05) is 26.2 Å². The molecule has 1 aromatic carbocycles. The normalized spacial score (nSPS) is 15.6. The fourth-order valence-corrected chi connectivity index (χ4v) is 2.67. The zero-order valence-corrected chi connectivity index (χ0v) is 17.5. The Bertz CT molecular complexity index is 965. The number of hydrogen-bond acceptors (Lipinski definition) is 10. The van der Waals surface area contributed by atoms with E-state index in [2.05, 4.69) is 31.4 Å². The first-order valence-corrected chi connectivity index (χ1v) is 10.1. The molecule has 2 atom stereocenters. The van der Waals surface area contributed by atoms with Crippen LogP contribution in [0.15, 0.2) is 45.9 Å².